The fourth-order valence-electron chi connectivity index (χ4n) is 4.26. The lowest BCUT2D eigenvalue weighted by Crippen LogP contribution is -2.36. The third kappa shape index (κ3) is 4.87. The van der Waals surface area contributed by atoms with Gasteiger partial charge in [-0.1, -0.05) is 47.6 Å². The number of benzene rings is 3. The van der Waals surface area contributed by atoms with Crippen molar-refractivity contribution >= 4 is 17.6 Å². The lowest BCUT2D eigenvalue weighted by Gasteiger charge is -2.27. The van der Waals surface area contributed by atoms with Crippen molar-refractivity contribution in [1.82, 2.24) is 10.1 Å². The van der Waals surface area contributed by atoms with Crippen LogP contribution in [0.3, 0.4) is 0 Å². The zero-order chi connectivity index (χ0) is 24.2. The number of nitrogens with zero attached hydrogens (tertiary/aromatic N) is 2. The van der Waals surface area contributed by atoms with Crippen molar-refractivity contribution in [1.29, 1.82) is 0 Å². The zero-order valence-corrected chi connectivity index (χ0v) is 19.4. The molecule has 0 fully saturated rings. The molecule has 0 N–H and O–H groups in total. The minimum absolute atomic E-state index is 0.0676. The monoisotopic (exact) mass is 468 g/mol. The van der Waals surface area contributed by atoms with Crippen molar-refractivity contribution in [2.45, 2.75) is 19.9 Å². The smallest absolute Gasteiger partial charge is 0.254 e. The average molecular weight is 469 g/mol. The van der Waals surface area contributed by atoms with E-state index in [1.54, 1.807) is 12.1 Å². The molecule has 0 radical (unpaired) electrons. The fraction of sp³-hybridized carbons (Fsp3) is 0.172. The summed E-state index contributed by atoms with van der Waals surface area (Å²) in [5.41, 5.74) is 4.81. The number of carbonyl (C=O) groups excluding carboxylic acids is 1. The summed E-state index contributed by atoms with van der Waals surface area (Å²) in [7, 11) is 0. The first-order valence-electron chi connectivity index (χ1n) is 11.6. The normalized spacial score (nSPS) is 13.4. The largest absolute Gasteiger partial charge is 0.494 e. The number of carbonyl (C=O) groups is 1. The van der Waals surface area contributed by atoms with Gasteiger partial charge >= 0.3 is 0 Å². The second kappa shape index (κ2) is 9.97. The van der Waals surface area contributed by atoms with E-state index >= 15 is 0 Å². The summed E-state index contributed by atoms with van der Waals surface area (Å²) in [5, 5.41) is 4.21. The molecule has 4 aromatic rings. The number of amides is 1. The molecule has 1 aliphatic heterocycles. The molecule has 2 heterocycles. The molecule has 35 heavy (non-hydrogen) atoms. The van der Waals surface area contributed by atoms with Gasteiger partial charge in [-0.15, -0.1) is 0 Å². The van der Waals surface area contributed by atoms with Crippen molar-refractivity contribution in [3.8, 4) is 17.1 Å². The molecule has 0 spiro atoms. The predicted molar refractivity (Wildman–Crippen MR) is 133 cm³/mol. The van der Waals surface area contributed by atoms with Crippen LogP contribution in [0, 0.1) is 5.82 Å². The van der Waals surface area contributed by atoms with E-state index in [1.807, 2.05) is 72.5 Å². The number of aromatic nitrogens is 1. The Hall–Kier alpha value is -4.19. The maximum Gasteiger partial charge on any atom is 0.254 e. The summed E-state index contributed by atoms with van der Waals surface area (Å²) in [6.45, 7) is 3.45. The molecule has 0 aliphatic carbocycles. The Labute approximate surface area is 203 Å². The van der Waals surface area contributed by atoms with Crippen LogP contribution < -0.4 is 4.74 Å². The predicted octanol–water partition coefficient (Wildman–Crippen LogP) is 6.00. The van der Waals surface area contributed by atoms with E-state index in [-0.39, 0.29) is 11.7 Å². The topological polar surface area (TPSA) is 55.6 Å². The summed E-state index contributed by atoms with van der Waals surface area (Å²) in [6, 6.07) is 23.5. The number of ether oxygens (including phenoxy) is 1. The third-order valence-corrected chi connectivity index (χ3v) is 6.05. The minimum Gasteiger partial charge on any atom is -0.494 e. The Morgan fingerprint density at radius 1 is 1.06 bits per heavy atom. The van der Waals surface area contributed by atoms with E-state index in [9.17, 15) is 9.18 Å². The van der Waals surface area contributed by atoms with E-state index in [0.717, 1.165) is 33.7 Å². The van der Waals surface area contributed by atoms with Gasteiger partial charge in [-0.25, -0.2) is 4.39 Å². The lowest BCUT2D eigenvalue weighted by atomic mass is 9.98. The van der Waals surface area contributed by atoms with Crippen molar-refractivity contribution in [3.05, 3.63) is 107 Å². The molecule has 0 atom stereocenters. The third-order valence-electron chi connectivity index (χ3n) is 6.05. The molecule has 3 aromatic carbocycles. The van der Waals surface area contributed by atoms with Gasteiger partial charge in [0.1, 0.15) is 11.6 Å². The van der Waals surface area contributed by atoms with Crippen LogP contribution in [0.15, 0.2) is 83.4 Å². The molecule has 5 rings (SSSR count). The molecule has 5 nitrogen and oxygen atoms in total. The Morgan fingerprint density at radius 2 is 1.80 bits per heavy atom. The first-order chi connectivity index (χ1) is 17.1. The van der Waals surface area contributed by atoms with Crippen LogP contribution in [0.1, 0.15) is 29.3 Å². The van der Waals surface area contributed by atoms with Gasteiger partial charge in [-0.05, 0) is 60.5 Å². The van der Waals surface area contributed by atoms with E-state index < -0.39 is 0 Å². The number of halogens is 1. The summed E-state index contributed by atoms with van der Waals surface area (Å²) in [6.07, 6.45) is 2.51. The van der Waals surface area contributed by atoms with Gasteiger partial charge in [0.2, 0.25) is 0 Å². The van der Waals surface area contributed by atoms with Gasteiger partial charge in [-0.2, -0.15) is 0 Å². The van der Waals surface area contributed by atoms with Crippen LogP contribution in [-0.2, 0) is 17.8 Å². The Kier molecular flexibility index (Phi) is 6.44. The Morgan fingerprint density at radius 3 is 2.51 bits per heavy atom. The van der Waals surface area contributed by atoms with Gasteiger partial charge in [0, 0.05) is 29.7 Å². The van der Waals surface area contributed by atoms with Crippen molar-refractivity contribution in [3.63, 3.8) is 0 Å². The maximum atomic E-state index is 13.8. The molecule has 0 unspecified atom stereocenters. The van der Waals surface area contributed by atoms with Crippen LogP contribution in [-0.4, -0.2) is 29.1 Å². The number of hydrogen-bond acceptors (Lipinski definition) is 4. The first kappa shape index (κ1) is 22.6. The van der Waals surface area contributed by atoms with Gasteiger partial charge in [0.05, 0.1) is 18.8 Å². The molecule has 6 heteroatoms. The van der Waals surface area contributed by atoms with E-state index in [4.69, 9.17) is 9.26 Å². The molecular formula is C29H25FN2O3. The van der Waals surface area contributed by atoms with E-state index in [2.05, 4.69) is 5.16 Å². The zero-order valence-electron chi connectivity index (χ0n) is 19.4. The van der Waals surface area contributed by atoms with Gasteiger partial charge in [0.25, 0.3) is 5.91 Å². The molecule has 0 bridgehead atoms. The standard InChI is InChI=1S/C29H25FN2O3/c1-2-34-24-14-8-20(9-15-24)18-25(21-6-4-3-5-7-21)29(33)32-17-16-27-26(19-32)28(35-31-27)22-10-12-23(30)13-11-22/h3-15,18H,2,16-17,19H2,1H3/b25-18+. The minimum atomic E-state index is -0.314. The van der Waals surface area contributed by atoms with Crippen molar-refractivity contribution in [2.75, 3.05) is 13.2 Å². The quantitative estimate of drug-likeness (QED) is 0.257. The second-order valence-electron chi connectivity index (χ2n) is 8.35. The number of hydrogen-bond donors (Lipinski definition) is 0. The summed E-state index contributed by atoms with van der Waals surface area (Å²) < 4.78 is 24.6. The van der Waals surface area contributed by atoms with Crippen LogP contribution in [0.2, 0.25) is 0 Å². The molecular weight excluding hydrogens is 443 g/mol. The van der Waals surface area contributed by atoms with Crippen molar-refractivity contribution in [2.24, 2.45) is 0 Å². The molecule has 0 saturated carbocycles. The molecule has 0 saturated heterocycles. The van der Waals surface area contributed by atoms with Gasteiger partial charge in [-0.3, -0.25) is 4.79 Å². The van der Waals surface area contributed by atoms with Crippen LogP contribution in [0.5, 0.6) is 5.75 Å². The van der Waals surface area contributed by atoms with E-state index in [1.165, 1.54) is 12.1 Å². The summed E-state index contributed by atoms with van der Waals surface area (Å²) in [4.78, 5) is 15.6. The lowest BCUT2D eigenvalue weighted by molar-refractivity contribution is -0.125. The van der Waals surface area contributed by atoms with Crippen LogP contribution >= 0.6 is 0 Å². The van der Waals surface area contributed by atoms with Crippen LogP contribution in [0.25, 0.3) is 23.0 Å². The molecule has 1 aliphatic rings. The fourth-order valence-corrected chi connectivity index (χ4v) is 4.26. The average Bonchev–Trinajstić information content (AvgIpc) is 3.32. The highest BCUT2D eigenvalue weighted by atomic mass is 19.1. The highest BCUT2D eigenvalue weighted by molar-refractivity contribution is 6.24. The number of rotatable bonds is 6. The maximum absolute atomic E-state index is 13.8. The summed E-state index contributed by atoms with van der Waals surface area (Å²) >= 11 is 0. The van der Waals surface area contributed by atoms with Gasteiger partial charge in [0.15, 0.2) is 5.76 Å². The van der Waals surface area contributed by atoms with E-state index in [0.29, 0.717) is 37.5 Å². The number of fused-ring (bicyclic) bond motifs is 1. The SMILES string of the molecule is CCOc1ccc(/C=C(/C(=O)N2CCc3noc(-c4ccc(F)cc4)c3C2)c2ccccc2)cc1. The molecule has 176 valence electrons. The first-order valence-corrected chi connectivity index (χ1v) is 11.6. The van der Waals surface area contributed by atoms with Crippen LogP contribution in [0.4, 0.5) is 4.39 Å². The van der Waals surface area contributed by atoms with Crippen molar-refractivity contribution < 1.29 is 18.4 Å². The Balaban J connectivity index is 1.46. The highest BCUT2D eigenvalue weighted by Crippen LogP contribution is 2.32. The molecule has 1 amide bonds. The molecule has 1 aromatic heterocycles. The Bertz CT molecular complexity index is 1340. The summed E-state index contributed by atoms with van der Waals surface area (Å²) in [5.74, 6) is 0.990. The highest BCUT2D eigenvalue weighted by Gasteiger charge is 2.29. The second-order valence-corrected chi connectivity index (χ2v) is 8.35. The van der Waals surface area contributed by atoms with Gasteiger partial charge < -0.3 is 14.2 Å².